The van der Waals surface area contributed by atoms with Crippen LogP contribution in [0.25, 0.3) is 196 Å². The summed E-state index contributed by atoms with van der Waals surface area (Å²) >= 11 is 0. The molecule has 0 aliphatic rings. The second-order valence-corrected chi connectivity index (χ2v) is 32.6. The van der Waals surface area contributed by atoms with Gasteiger partial charge in [0, 0.05) is 0 Å². The SMILES string of the molecule is Cc1cc(C)cc(-c2ccc3c4ccccc4c4ccc(-c5cc(C)cc(C)c5)cc4c3c2)c1.Cc1cc(C)cc(-c2ccc3c4ccccc4c4ccccc4c3c2)c1.Cc1cccc(-c2ccc3c4ccccc4c4ccc(-c5cccc(C)c5)cc4c3c2)c1.Cc1cccc(-c2ccc3c4ccccc4c4ccccc4c3c2)c1. The average Bonchev–Trinajstić information content (AvgIpc) is 0.758. The number of benzene rings is 22. The predicted molar refractivity (Wildman–Crippen MR) is 511 cm³/mol. The smallest absolute Gasteiger partial charge is 0.00926 e. The van der Waals surface area contributed by atoms with E-state index >= 15 is 0 Å². The third-order valence-electron chi connectivity index (χ3n) is 23.9. The van der Waals surface area contributed by atoms with Gasteiger partial charge in [-0.05, 0) is 295 Å². The second kappa shape index (κ2) is 30.7. The molecular weight excluding hydrogens is 1410 g/mol. The van der Waals surface area contributed by atoms with E-state index in [1.54, 1.807) is 0 Å². The highest BCUT2D eigenvalue weighted by atomic mass is 14.2. The van der Waals surface area contributed by atoms with Crippen molar-refractivity contribution >= 4 is 129 Å². The van der Waals surface area contributed by atoms with Gasteiger partial charge in [-0.2, -0.15) is 0 Å². The predicted octanol–water partition coefficient (Wildman–Crippen LogP) is 33.4. The van der Waals surface area contributed by atoms with Crippen LogP contribution in [-0.2, 0) is 0 Å². The lowest BCUT2D eigenvalue weighted by atomic mass is 9.89. The molecular formula is C117H90. The average molecular weight is 1500 g/mol. The Hall–Kier alpha value is -14.0. The molecule has 0 fully saturated rings. The maximum absolute atomic E-state index is 2.39. The van der Waals surface area contributed by atoms with Gasteiger partial charge in [0.25, 0.3) is 0 Å². The van der Waals surface area contributed by atoms with Gasteiger partial charge in [0.05, 0.1) is 0 Å². The Morgan fingerprint density at radius 3 is 0.402 bits per heavy atom. The molecule has 0 saturated carbocycles. The van der Waals surface area contributed by atoms with Gasteiger partial charge in [0.2, 0.25) is 0 Å². The van der Waals surface area contributed by atoms with Crippen molar-refractivity contribution in [3.8, 4) is 66.8 Å². The molecule has 558 valence electrons. The Kier molecular flexibility index (Phi) is 19.2. The minimum absolute atomic E-state index is 1.26. The summed E-state index contributed by atoms with van der Waals surface area (Å²) in [6, 6.07) is 141. The molecule has 0 radical (unpaired) electrons. The van der Waals surface area contributed by atoms with Crippen molar-refractivity contribution in [2.24, 2.45) is 0 Å². The first kappa shape index (κ1) is 73.2. The van der Waals surface area contributed by atoms with Gasteiger partial charge in [0.1, 0.15) is 0 Å². The largest absolute Gasteiger partial charge is 0.0616 e. The molecule has 0 amide bonds. The summed E-state index contributed by atoms with van der Waals surface area (Å²) in [4.78, 5) is 0. The maximum atomic E-state index is 2.39. The zero-order valence-electron chi connectivity index (χ0n) is 67.9. The lowest BCUT2D eigenvalue weighted by molar-refractivity contribution is 1.38. The third kappa shape index (κ3) is 14.2. The second-order valence-electron chi connectivity index (χ2n) is 32.6. The topological polar surface area (TPSA) is 0 Å². The summed E-state index contributed by atoms with van der Waals surface area (Å²) in [5.41, 5.74) is 27.0. The normalized spacial score (nSPS) is 11.5. The van der Waals surface area contributed by atoms with Gasteiger partial charge >= 0.3 is 0 Å². The Morgan fingerprint density at radius 1 is 0.0855 bits per heavy atom. The van der Waals surface area contributed by atoms with Gasteiger partial charge in [-0.25, -0.2) is 0 Å². The molecule has 0 atom stereocenters. The van der Waals surface area contributed by atoms with Crippen LogP contribution in [0, 0.1) is 62.3 Å². The summed E-state index contributed by atoms with van der Waals surface area (Å²) in [5.74, 6) is 0. The Bertz CT molecular complexity index is 7350. The molecule has 22 aromatic rings. The Labute approximate surface area is 685 Å². The van der Waals surface area contributed by atoms with E-state index in [0.29, 0.717) is 0 Å². The van der Waals surface area contributed by atoms with E-state index in [9.17, 15) is 0 Å². The molecule has 0 aliphatic heterocycles. The summed E-state index contributed by atoms with van der Waals surface area (Å²) in [5, 5.41) is 31.7. The van der Waals surface area contributed by atoms with Crippen LogP contribution in [0.1, 0.15) is 50.1 Å². The highest BCUT2D eigenvalue weighted by Crippen LogP contribution is 2.44. The van der Waals surface area contributed by atoms with Crippen LogP contribution in [0.2, 0.25) is 0 Å². The third-order valence-corrected chi connectivity index (χ3v) is 23.9. The van der Waals surface area contributed by atoms with Crippen molar-refractivity contribution in [1.29, 1.82) is 0 Å². The zero-order valence-corrected chi connectivity index (χ0v) is 67.9. The number of rotatable bonds is 6. The highest BCUT2D eigenvalue weighted by molar-refractivity contribution is 6.30. The number of aryl methyl sites for hydroxylation is 9. The van der Waals surface area contributed by atoms with Gasteiger partial charge < -0.3 is 0 Å². The minimum atomic E-state index is 1.26. The van der Waals surface area contributed by atoms with Crippen molar-refractivity contribution < 1.29 is 0 Å². The molecule has 0 aliphatic carbocycles. The van der Waals surface area contributed by atoms with Crippen molar-refractivity contribution in [3.05, 3.63) is 432 Å². The molecule has 0 nitrogen and oxygen atoms in total. The molecule has 0 N–H and O–H groups in total. The van der Waals surface area contributed by atoms with Crippen molar-refractivity contribution in [2.75, 3.05) is 0 Å². The van der Waals surface area contributed by atoms with E-state index in [4.69, 9.17) is 0 Å². The van der Waals surface area contributed by atoms with E-state index in [1.807, 2.05) is 0 Å². The fourth-order valence-corrected chi connectivity index (χ4v) is 18.7. The van der Waals surface area contributed by atoms with Gasteiger partial charge in [0.15, 0.2) is 0 Å². The van der Waals surface area contributed by atoms with Crippen LogP contribution >= 0.6 is 0 Å². The van der Waals surface area contributed by atoms with Crippen LogP contribution in [0.15, 0.2) is 382 Å². The Balaban J connectivity index is 0.000000105. The zero-order chi connectivity index (χ0) is 79.5. The lowest BCUT2D eigenvalue weighted by Crippen LogP contribution is -1.88. The molecule has 0 saturated heterocycles. The molecule has 0 heteroatoms. The molecule has 0 aromatic heterocycles. The van der Waals surface area contributed by atoms with Crippen LogP contribution in [-0.4, -0.2) is 0 Å². The van der Waals surface area contributed by atoms with E-state index in [1.165, 1.54) is 246 Å². The van der Waals surface area contributed by atoms with Gasteiger partial charge in [-0.3, -0.25) is 0 Å². The maximum Gasteiger partial charge on any atom is -0.00926 e. The summed E-state index contributed by atoms with van der Waals surface area (Å²) in [6.07, 6.45) is 0. The van der Waals surface area contributed by atoms with Gasteiger partial charge in [-0.15, -0.1) is 0 Å². The van der Waals surface area contributed by atoms with Crippen molar-refractivity contribution in [2.45, 2.75) is 62.3 Å². The van der Waals surface area contributed by atoms with Crippen LogP contribution < -0.4 is 0 Å². The molecule has 117 heavy (non-hydrogen) atoms. The van der Waals surface area contributed by atoms with Crippen LogP contribution in [0.5, 0.6) is 0 Å². The standard InChI is InChI=1S/C34H28.C32H24.C26H20.C25H18/c1-21-13-22(2)16-27(15-21)25-9-11-31-29-7-5-6-8-30(29)32-12-10-26(20-34(32)33(31)19-25)28-17-23(3)14-24(4)18-28;1-21-7-5-9-23(17-21)25-13-15-29-27-11-3-4-12-28(27)30-16-14-26(20-32(30)31(29)19-25)24-10-6-8-22(2)18-24;1-17-13-18(2)15-20(14-17)19-11-12-25-23-9-4-3-7-21(23)22-8-5-6-10-24(22)26(25)16-19;1-17-7-6-8-18(15-17)19-13-14-24-22-11-3-2-9-20(22)21-10-4-5-12-23(21)25(24)16-19/h5-20H,1-4H3;3-20H,1-2H3;3-16H,1-2H3;2-16H,1H3. The number of fused-ring (bicyclic) bond motifs is 24. The van der Waals surface area contributed by atoms with E-state index in [0.717, 1.165) is 0 Å². The lowest BCUT2D eigenvalue weighted by Gasteiger charge is -2.14. The number of hydrogen-bond acceptors (Lipinski definition) is 0. The molecule has 0 bridgehead atoms. The highest BCUT2D eigenvalue weighted by Gasteiger charge is 2.17. The molecule has 0 heterocycles. The summed E-state index contributed by atoms with van der Waals surface area (Å²) < 4.78 is 0. The molecule has 22 aromatic carbocycles. The first-order valence-corrected chi connectivity index (χ1v) is 41.1. The number of hydrogen-bond donors (Lipinski definition) is 0. The van der Waals surface area contributed by atoms with E-state index < -0.39 is 0 Å². The molecule has 0 unspecified atom stereocenters. The fraction of sp³-hybridized carbons (Fsp3) is 0.0769. The van der Waals surface area contributed by atoms with E-state index in [2.05, 4.69) is 444 Å². The van der Waals surface area contributed by atoms with E-state index in [-0.39, 0.29) is 0 Å². The first-order valence-electron chi connectivity index (χ1n) is 41.1. The first-order chi connectivity index (χ1) is 57.1. The minimum Gasteiger partial charge on any atom is -0.0616 e. The van der Waals surface area contributed by atoms with Gasteiger partial charge in [-0.1, -0.05) is 396 Å². The molecule has 22 rings (SSSR count). The summed E-state index contributed by atoms with van der Waals surface area (Å²) in [7, 11) is 0. The monoisotopic (exact) mass is 1490 g/mol. The van der Waals surface area contributed by atoms with Crippen LogP contribution in [0.3, 0.4) is 0 Å². The quantitative estimate of drug-likeness (QED) is 0.146. The molecule has 0 spiro atoms. The van der Waals surface area contributed by atoms with Crippen molar-refractivity contribution in [3.63, 3.8) is 0 Å². The van der Waals surface area contributed by atoms with Crippen LogP contribution in [0.4, 0.5) is 0 Å². The fourth-order valence-electron chi connectivity index (χ4n) is 18.7. The summed E-state index contributed by atoms with van der Waals surface area (Å²) in [6.45, 7) is 19.5. The Morgan fingerprint density at radius 2 is 0.222 bits per heavy atom. The van der Waals surface area contributed by atoms with Crippen molar-refractivity contribution in [1.82, 2.24) is 0 Å².